The van der Waals surface area contributed by atoms with Crippen molar-refractivity contribution in [3.05, 3.63) is 82.0 Å². The highest BCUT2D eigenvalue weighted by atomic mass is 16.1. The molecular weight excluding hydrogens is 374 g/mol. The number of para-hydroxylation sites is 1. The van der Waals surface area contributed by atoms with Gasteiger partial charge < -0.3 is 5.32 Å². The number of pyridine rings is 1. The Morgan fingerprint density at radius 1 is 1.00 bits per heavy atom. The summed E-state index contributed by atoms with van der Waals surface area (Å²) in [6.07, 6.45) is 1.44. The molecule has 1 N–H and O–H groups in total. The summed E-state index contributed by atoms with van der Waals surface area (Å²) in [5.41, 5.74) is 5.89. The molecule has 0 aliphatic heterocycles. The van der Waals surface area contributed by atoms with Crippen molar-refractivity contribution in [2.24, 2.45) is 0 Å². The lowest BCUT2D eigenvalue weighted by atomic mass is 10.1. The van der Waals surface area contributed by atoms with Crippen LogP contribution in [0.5, 0.6) is 0 Å². The molecule has 0 aliphatic carbocycles. The minimum atomic E-state index is -0.301. The zero-order valence-electron chi connectivity index (χ0n) is 17.3. The van der Waals surface area contributed by atoms with Gasteiger partial charge in [0.15, 0.2) is 11.6 Å². The maximum absolute atomic E-state index is 12.9. The molecule has 0 bridgehead atoms. The van der Waals surface area contributed by atoms with Crippen LogP contribution in [0.25, 0.3) is 16.7 Å². The van der Waals surface area contributed by atoms with Gasteiger partial charge in [-0.05, 0) is 68.1 Å². The third-order valence-corrected chi connectivity index (χ3v) is 5.34. The first-order chi connectivity index (χ1) is 14.4. The number of carbonyl (C=O) groups is 1. The zero-order chi connectivity index (χ0) is 21.4. The van der Waals surface area contributed by atoms with Crippen LogP contribution in [-0.4, -0.2) is 20.7 Å². The quantitative estimate of drug-likeness (QED) is 0.541. The van der Waals surface area contributed by atoms with Crippen LogP contribution in [0.2, 0.25) is 0 Å². The lowest BCUT2D eigenvalue weighted by Gasteiger charge is -2.12. The Balaban J connectivity index is 1.80. The Bertz CT molecular complexity index is 1340. The van der Waals surface area contributed by atoms with Crippen molar-refractivity contribution < 1.29 is 4.79 Å². The van der Waals surface area contributed by atoms with Crippen molar-refractivity contribution in [2.45, 2.75) is 27.7 Å². The maximum Gasteiger partial charge on any atom is 0.256 e. The van der Waals surface area contributed by atoms with Gasteiger partial charge in [0, 0.05) is 10.9 Å². The first kappa shape index (κ1) is 19.3. The van der Waals surface area contributed by atoms with Gasteiger partial charge in [0.2, 0.25) is 0 Å². The number of anilines is 1. The second kappa shape index (κ2) is 7.45. The van der Waals surface area contributed by atoms with Crippen molar-refractivity contribution in [2.75, 3.05) is 5.32 Å². The number of hydrogen-bond donors (Lipinski definition) is 1. The van der Waals surface area contributed by atoms with E-state index in [2.05, 4.69) is 16.5 Å². The lowest BCUT2D eigenvalue weighted by molar-refractivity contribution is 0.102. The highest BCUT2D eigenvalue weighted by molar-refractivity contribution is 6.04. The summed E-state index contributed by atoms with van der Waals surface area (Å²) in [5, 5.41) is 17.8. The van der Waals surface area contributed by atoms with Gasteiger partial charge in [-0.1, -0.05) is 24.3 Å². The summed E-state index contributed by atoms with van der Waals surface area (Å²) in [5.74, 6) is 0.553. The second-order valence-electron chi connectivity index (χ2n) is 7.45. The van der Waals surface area contributed by atoms with Crippen LogP contribution < -0.4 is 5.32 Å². The van der Waals surface area contributed by atoms with Crippen LogP contribution >= 0.6 is 0 Å². The molecule has 0 saturated carbocycles. The fourth-order valence-corrected chi connectivity index (χ4v) is 3.44. The van der Waals surface area contributed by atoms with E-state index >= 15 is 0 Å². The summed E-state index contributed by atoms with van der Waals surface area (Å²) in [6.45, 7) is 7.97. The monoisotopic (exact) mass is 395 g/mol. The van der Waals surface area contributed by atoms with Crippen molar-refractivity contribution in [1.82, 2.24) is 14.8 Å². The molecule has 30 heavy (non-hydrogen) atoms. The predicted molar refractivity (Wildman–Crippen MR) is 117 cm³/mol. The van der Waals surface area contributed by atoms with E-state index in [1.807, 2.05) is 64.1 Å². The number of aromatic nitrogens is 3. The molecule has 4 rings (SSSR count). The molecule has 0 fully saturated rings. The fourth-order valence-electron chi connectivity index (χ4n) is 3.44. The Morgan fingerprint density at radius 3 is 2.53 bits per heavy atom. The molecule has 0 atom stereocenters. The molecule has 0 spiro atoms. The van der Waals surface area contributed by atoms with Gasteiger partial charge in [0.25, 0.3) is 5.91 Å². The van der Waals surface area contributed by atoms with Gasteiger partial charge in [-0.2, -0.15) is 15.0 Å². The lowest BCUT2D eigenvalue weighted by Crippen LogP contribution is -2.17. The average Bonchev–Trinajstić information content (AvgIpc) is 3.13. The molecule has 0 unspecified atom stereocenters. The summed E-state index contributed by atoms with van der Waals surface area (Å²) >= 11 is 0. The standard InChI is InChI=1S/C24H21N5O/c1-14-8-9-18(10-16(14)3)24(30)28-23-19(12-25)13-26-29(23)21-11-17(4)20-7-5-6-15(2)22(20)27-21/h5-11,13H,1-4H3,(H,28,30). The van der Waals surface area contributed by atoms with Crippen LogP contribution in [0.15, 0.2) is 48.7 Å². The first-order valence-corrected chi connectivity index (χ1v) is 9.63. The number of rotatable bonds is 3. The number of benzene rings is 2. The zero-order valence-corrected chi connectivity index (χ0v) is 17.3. The minimum Gasteiger partial charge on any atom is -0.305 e. The third kappa shape index (κ3) is 3.31. The van der Waals surface area contributed by atoms with Crippen molar-refractivity contribution >= 4 is 22.6 Å². The maximum atomic E-state index is 12.9. The molecule has 0 saturated heterocycles. The van der Waals surface area contributed by atoms with E-state index in [1.54, 1.807) is 6.07 Å². The molecule has 4 aromatic rings. The largest absolute Gasteiger partial charge is 0.305 e. The number of carbonyl (C=O) groups excluding carboxylic acids is 1. The minimum absolute atomic E-state index is 0.275. The van der Waals surface area contributed by atoms with Crippen molar-refractivity contribution in [1.29, 1.82) is 5.26 Å². The fraction of sp³-hybridized carbons (Fsp3) is 0.167. The normalized spacial score (nSPS) is 10.8. The van der Waals surface area contributed by atoms with E-state index in [-0.39, 0.29) is 11.5 Å². The predicted octanol–water partition coefficient (Wildman–Crippen LogP) is 4.78. The Morgan fingerprint density at radius 2 is 1.80 bits per heavy atom. The average molecular weight is 395 g/mol. The smallest absolute Gasteiger partial charge is 0.256 e. The molecule has 6 heteroatoms. The Kier molecular flexibility index (Phi) is 4.80. The van der Waals surface area contributed by atoms with Gasteiger partial charge in [0.05, 0.1) is 11.7 Å². The Hall–Kier alpha value is -3.98. The van der Waals surface area contributed by atoms with Gasteiger partial charge in [0.1, 0.15) is 11.6 Å². The third-order valence-electron chi connectivity index (χ3n) is 5.34. The van der Waals surface area contributed by atoms with E-state index in [0.717, 1.165) is 33.2 Å². The highest BCUT2D eigenvalue weighted by Gasteiger charge is 2.18. The molecule has 2 aromatic carbocycles. The number of nitrogens with zero attached hydrogens (tertiary/aromatic N) is 4. The molecule has 1 amide bonds. The van der Waals surface area contributed by atoms with Crippen molar-refractivity contribution in [3.63, 3.8) is 0 Å². The number of hydrogen-bond acceptors (Lipinski definition) is 4. The summed E-state index contributed by atoms with van der Waals surface area (Å²) < 4.78 is 1.51. The van der Waals surface area contributed by atoms with Gasteiger partial charge in [-0.15, -0.1) is 0 Å². The molecule has 0 aliphatic rings. The molecule has 2 aromatic heterocycles. The highest BCUT2D eigenvalue weighted by Crippen LogP contribution is 2.25. The van der Waals surface area contributed by atoms with Gasteiger partial charge in [-0.3, -0.25) is 4.79 Å². The molecular formula is C24H21N5O. The topological polar surface area (TPSA) is 83.6 Å². The first-order valence-electron chi connectivity index (χ1n) is 9.63. The summed E-state index contributed by atoms with van der Waals surface area (Å²) in [7, 11) is 0. The van der Waals surface area contributed by atoms with E-state index in [4.69, 9.17) is 4.98 Å². The van der Waals surface area contributed by atoms with Crippen LogP contribution in [0, 0.1) is 39.0 Å². The number of amides is 1. The Labute approximate surface area is 174 Å². The molecule has 148 valence electrons. The number of nitriles is 1. The van der Waals surface area contributed by atoms with Crippen LogP contribution in [0.1, 0.15) is 38.2 Å². The number of aryl methyl sites for hydroxylation is 4. The number of nitrogens with one attached hydrogen (secondary N) is 1. The van der Waals surface area contributed by atoms with Crippen LogP contribution in [0.4, 0.5) is 5.82 Å². The molecule has 2 heterocycles. The summed E-state index contributed by atoms with van der Waals surface area (Å²) in [6, 6.07) is 15.5. The van der Waals surface area contributed by atoms with Gasteiger partial charge in [-0.25, -0.2) is 4.98 Å². The van der Waals surface area contributed by atoms with E-state index in [9.17, 15) is 10.1 Å². The van der Waals surface area contributed by atoms with Crippen molar-refractivity contribution in [3.8, 4) is 11.9 Å². The van der Waals surface area contributed by atoms with E-state index < -0.39 is 0 Å². The molecule has 6 nitrogen and oxygen atoms in total. The van der Waals surface area contributed by atoms with Gasteiger partial charge >= 0.3 is 0 Å². The van der Waals surface area contributed by atoms with Crippen LogP contribution in [-0.2, 0) is 0 Å². The van der Waals surface area contributed by atoms with E-state index in [1.165, 1.54) is 10.9 Å². The summed E-state index contributed by atoms with van der Waals surface area (Å²) in [4.78, 5) is 17.6. The molecule has 0 radical (unpaired) electrons. The SMILES string of the molecule is Cc1ccc(C(=O)Nc2c(C#N)cnn2-c2cc(C)c3cccc(C)c3n2)cc1C. The van der Waals surface area contributed by atoms with E-state index in [0.29, 0.717) is 17.2 Å². The van der Waals surface area contributed by atoms with Crippen LogP contribution in [0.3, 0.4) is 0 Å². The second-order valence-corrected chi connectivity index (χ2v) is 7.45. The number of fused-ring (bicyclic) bond motifs is 1.